The van der Waals surface area contributed by atoms with E-state index in [1.807, 2.05) is 0 Å². The number of β-amino-alcohol motifs (C(OH)–C–C–N with tert-alkyl or cyclic N) is 1. The van der Waals surface area contributed by atoms with Gasteiger partial charge in [-0.25, -0.2) is 14.8 Å². The van der Waals surface area contributed by atoms with E-state index < -0.39 is 47.3 Å². The highest BCUT2D eigenvalue weighted by atomic mass is 19.3. The Hall–Kier alpha value is -3.87. The second-order valence-electron chi connectivity index (χ2n) is 10.5. The molecule has 3 aromatic rings. The summed E-state index contributed by atoms with van der Waals surface area (Å²) < 4.78 is 42.7. The fraction of sp³-hybridized carbons (Fsp3) is 0.500. The molecule has 0 unspecified atom stereocenters. The smallest absolute Gasteiger partial charge is 0.383 e. The third-order valence-electron chi connectivity index (χ3n) is 6.21. The van der Waals surface area contributed by atoms with E-state index in [4.69, 9.17) is 14.3 Å². The predicted octanol–water partition coefficient (Wildman–Crippen LogP) is 3.07. The molecule has 1 aliphatic heterocycles. The summed E-state index contributed by atoms with van der Waals surface area (Å²) in [4.78, 5) is 46.7. The van der Waals surface area contributed by atoms with Crippen LogP contribution in [-0.2, 0) is 25.0 Å². The van der Waals surface area contributed by atoms with Crippen LogP contribution < -0.4 is 4.90 Å². The summed E-state index contributed by atoms with van der Waals surface area (Å²) in [5.41, 5.74) is -0.488. The number of para-hydroxylation sites is 1. The molecule has 1 fully saturated rings. The number of fused-ring (bicyclic) bond motifs is 3. The first kappa shape index (κ1) is 28.1. The number of aromatic nitrogens is 2. The number of ether oxygens (including phenoxy) is 1. The maximum atomic E-state index is 15.6. The van der Waals surface area contributed by atoms with E-state index in [9.17, 15) is 19.5 Å². The van der Waals surface area contributed by atoms with Crippen LogP contribution in [0.2, 0.25) is 0 Å². The number of aliphatic carboxylic acids is 1. The number of hydrogen-bond acceptors (Lipinski definition) is 9. The van der Waals surface area contributed by atoms with Gasteiger partial charge in [0.2, 0.25) is 5.82 Å². The van der Waals surface area contributed by atoms with E-state index in [0.717, 1.165) is 11.9 Å². The number of nitrogens with zero attached hydrogens (tertiary/aromatic N) is 4. The minimum atomic E-state index is -4.20. The number of rotatable bonds is 8. The molecule has 11 nitrogen and oxygen atoms in total. The van der Waals surface area contributed by atoms with Crippen LogP contribution in [-0.4, -0.2) is 80.8 Å². The first-order valence-corrected chi connectivity index (χ1v) is 12.4. The Balaban J connectivity index is 1.82. The SMILES string of the molecule is CN(CCCC(=O)O)C(=O)C(F)(F)c1nc(N2C[C@@H](O)C[C@H]2C(=O)OC(C)(C)C)c2oc3ccccc3c2n1. The van der Waals surface area contributed by atoms with Crippen molar-refractivity contribution in [2.75, 3.05) is 25.0 Å². The molecule has 2 atom stereocenters. The van der Waals surface area contributed by atoms with Gasteiger partial charge in [-0.15, -0.1) is 0 Å². The lowest BCUT2D eigenvalue weighted by Crippen LogP contribution is -2.43. The standard InChI is InChI=1S/C26H30F2N4O7/c1-25(2,3)39-22(36)16-12-14(33)13-32(16)21-20-19(15-8-5-6-9-17(15)38-20)29-23(30-21)26(27,28)24(37)31(4)11-7-10-18(34)35/h5-6,8-9,14,16,33H,7,10-13H2,1-4H3,(H,34,35)/t14-,16-/m0/s1. The van der Waals surface area contributed by atoms with Crippen LogP contribution in [0.4, 0.5) is 14.6 Å². The minimum Gasteiger partial charge on any atom is -0.481 e. The highest BCUT2D eigenvalue weighted by Crippen LogP contribution is 2.39. The van der Waals surface area contributed by atoms with Gasteiger partial charge in [0.25, 0.3) is 0 Å². The van der Waals surface area contributed by atoms with Crippen molar-refractivity contribution < 1.29 is 42.5 Å². The maximum absolute atomic E-state index is 15.6. The van der Waals surface area contributed by atoms with E-state index in [1.54, 1.807) is 45.0 Å². The first-order valence-electron chi connectivity index (χ1n) is 12.4. The lowest BCUT2D eigenvalue weighted by atomic mass is 10.1. The number of aliphatic hydroxyl groups excluding tert-OH is 1. The summed E-state index contributed by atoms with van der Waals surface area (Å²) in [6, 6.07) is 5.53. The first-order chi connectivity index (χ1) is 18.2. The number of benzene rings is 1. The van der Waals surface area contributed by atoms with Gasteiger partial charge < -0.3 is 29.2 Å². The van der Waals surface area contributed by atoms with Crippen LogP contribution in [0.25, 0.3) is 22.1 Å². The van der Waals surface area contributed by atoms with Crippen molar-refractivity contribution in [2.45, 2.75) is 63.7 Å². The number of hydrogen-bond donors (Lipinski definition) is 2. The van der Waals surface area contributed by atoms with E-state index in [0.29, 0.717) is 11.0 Å². The van der Waals surface area contributed by atoms with Gasteiger partial charge >= 0.3 is 23.8 Å². The topological polar surface area (TPSA) is 146 Å². The molecule has 0 aliphatic carbocycles. The van der Waals surface area contributed by atoms with E-state index in [2.05, 4.69) is 9.97 Å². The highest BCUT2D eigenvalue weighted by molar-refractivity contribution is 6.06. The van der Waals surface area contributed by atoms with Gasteiger partial charge in [0.05, 0.1) is 6.10 Å². The number of carboxylic acids is 1. The zero-order valence-corrected chi connectivity index (χ0v) is 22.0. The van der Waals surface area contributed by atoms with Gasteiger partial charge in [-0.05, 0) is 39.3 Å². The molecule has 1 aliphatic rings. The monoisotopic (exact) mass is 548 g/mol. The fourth-order valence-corrected chi connectivity index (χ4v) is 4.46. The van der Waals surface area contributed by atoms with Gasteiger partial charge in [-0.3, -0.25) is 9.59 Å². The normalized spacial score (nSPS) is 18.1. The molecule has 0 radical (unpaired) electrons. The molecule has 1 saturated heterocycles. The number of carbonyl (C=O) groups is 3. The second-order valence-corrected chi connectivity index (χ2v) is 10.5. The van der Waals surface area contributed by atoms with Crippen molar-refractivity contribution >= 4 is 45.7 Å². The van der Waals surface area contributed by atoms with Crippen LogP contribution in [0.5, 0.6) is 0 Å². The van der Waals surface area contributed by atoms with E-state index in [-0.39, 0.29) is 49.3 Å². The molecule has 1 aromatic carbocycles. The van der Waals surface area contributed by atoms with E-state index in [1.165, 1.54) is 4.90 Å². The lowest BCUT2D eigenvalue weighted by Gasteiger charge is -2.28. The Bertz CT molecular complexity index is 1420. The van der Waals surface area contributed by atoms with Crippen molar-refractivity contribution in [3.05, 3.63) is 30.1 Å². The van der Waals surface area contributed by atoms with Crippen LogP contribution in [0.15, 0.2) is 28.7 Å². The maximum Gasteiger partial charge on any atom is 0.383 e. The molecule has 13 heteroatoms. The molecule has 0 bridgehead atoms. The van der Waals surface area contributed by atoms with Crippen molar-refractivity contribution in [1.29, 1.82) is 0 Å². The average molecular weight is 549 g/mol. The van der Waals surface area contributed by atoms with Gasteiger partial charge in [0.1, 0.15) is 22.7 Å². The van der Waals surface area contributed by atoms with Gasteiger partial charge in [-0.2, -0.15) is 8.78 Å². The Kier molecular flexibility index (Phi) is 7.48. The van der Waals surface area contributed by atoms with E-state index >= 15 is 8.78 Å². The number of aliphatic hydroxyl groups is 1. The van der Waals surface area contributed by atoms with Crippen LogP contribution in [0, 0.1) is 0 Å². The van der Waals surface area contributed by atoms with Crippen molar-refractivity contribution in [2.24, 2.45) is 0 Å². The Morgan fingerprint density at radius 1 is 1.21 bits per heavy atom. The van der Waals surface area contributed by atoms with Gasteiger partial charge in [-0.1, -0.05) is 12.1 Å². The lowest BCUT2D eigenvalue weighted by molar-refractivity contribution is -0.159. The van der Waals surface area contributed by atoms with Crippen LogP contribution >= 0.6 is 0 Å². The quantitative estimate of drug-likeness (QED) is 0.403. The minimum absolute atomic E-state index is 0.0101. The Labute approximate surface area is 222 Å². The number of halogens is 2. The van der Waals surface area contributed by atoms with Crippen molar-refractivity contribution in [3.63, 3.8) is 0 Å². The molecule has 4 rings (SSSR count). The molecule has 0 spiro atoms. The zero-order valence-electron chi connectivity index (χ0n) is 22.0. The summed E-state index contributed by atoms with van der Waals surface area (Å²) in [5.74, 6) is -8.89. The molecule has 210 valence electrons. The van der Waals surface area contributed by atoms with Crippen molar-refractivity contribution in [3.8, 4) is 0 Å². The zero-order chi connectivity index (χ0) is 28.7. The highest BCUT2D eigenvalue weighted by Gasteiger charge is 2.48. The molecule has 3 heterocycles. The summed E-state index contributed by atoms with van der Waals surface area (Å²) in [6.07, 6.45) is -1.32. The molecule has 1 amide bonds. The van der Waals surface area contributed by atoms with Gasteiger partial charge in [0, 0.05) is 38.4 Å². The van der Waals surface area contributed by atoms with Crippen LogP contribution in [0.3, 0.4) is 0 Å². The molecular weight excluding hydrogens is 518 g/mol. The number of likely N-dealkylation sites (N-methyl/N-ethyl adjacent to an activating group) is 1. The Morgan fingerprint density at radius 2 is 1.90 bits per heavy atom. The largest absolute Gasteiger partial charge is 0.481 e. The third-order valence-corrected chi connectivity index (χ3v) is 6.21. The number of esters is 1. The number of carbonyl (C=O) groups excluding carboxylic acids is 2. The molecule has 39 heavy (non-hydrogen) atoms. The Morgan fingerprint density at radius 3 is 2.56 bits per heavy atom. The summed E-state index contributed by atoms with van der Waals surface area (Å²) >= 11 is 0. The number of anilines is 1. The number of alkyl halides is 2. The van der Waals surface area contributed by atoms with Crippen LogP contribution in [0.1, 0.15) is 45.9 Å². The number of amides is 1. The summed E-state index contributed by atoms with van der Waals surface area (Å²) in [7, 11) is 1.14. The molecule has 2 aromatic heterocycles. The third kappa shape index (κ3) is 5.77. The predicted molar refractivity (Wildman–Crippen MR) is 135 cm³/mol. The summed E-state index contributed by atoms with van der Waals surface area (Å²) in [6.45, 7) is 4.70. The number of furan rings is 1. The second kappa shape index (κ2) is 10.4. The van der Waals surface area contributed by atoms with Crippen molar-refractivity contribution in [1.82, 2.24) is 14.9 Å². The average Bonchev–Trinajstić information content (AvgIpc) is 3.42. The molecular formula is C26H30F2N4O7. The number of carboxylic acid groups (broad SMARTS) is 1. The molecule has 0 saturated carbocycles. The fourth-order valence-electron chi connectivity index (χ4n) is 4.46. The molecule has 2 N–H and O–H groups in total. The summed E-state index contributed by atoms with van der Waals surface area (Å²) in [5, 5.41) is 19.6. The van der Waals surface area contributed by atoms with Gasteiger partial charge in [0.15, 0.2) is 11.4 Å².